The van der Waals surface area contributed by atoms with Gasteiger partial charge in [0.25, 0.3) is 11.8 Å². The van der Waals surface area contributed by atoms with Crippen LogP contribution in [0.25, 0.3) is 22.3 Å². The van der Waals surface area contributed by atoms with Gasteiger partial charge in [-0.25, -0.2) is 0 Å². The number of ether oxygens (including phenoxy) is 4. The molecule has 4 aromatic carbocycles. The van der Waals surface area contributed by atoms with Crippen LogP contribution in [0, 0.1) is 0 Å². The largest absolute Gasteiger partial charge is 0.462 e. The van der Waals surface area contributed by atoms with Crippen LogP contribution in [0.15, 0.2) is 97.1 Å². The predicted molar refractivity (Wildman–Crippen MR) is 191 cm³/mol. The third kappa shape index (κ3) is 9.10. The van der Waals surface area contributed by atoms with Crippen LogP contribution in [0.5, 0.6) is 11.5 Å². The third-order valence-corrected chi connectivity index (χ3v) is 9.18. The van der Waals surface area contributed by atoms with Crippen LogP contribution < -0.4 is 25.9 Å². The molecule has 0 bridgehead atoms. The molecule has 2 aliphatic heterocycles. The standard InChI is InChI=1S/C38H41N3O14/c42-17-27-29(44)31(46)33(48)37(54-27)52-25-11-7-19(8-12-25)21-3-1-5-23(15-21)35(50)39-41-40-36(51)24-6-2-4-22(16-24)20-9-13-26(14-10-20)53-38-34(49)32(47)30(45)28(18-43)55-38/h1-16,27-34,37-38,41-49H,17-18H2,(H,39,50)(H,40,51). The Bertz CT molecular complexity index is 1770. The number of carbonyl (C=O) groups excluding carboxylic acids is 2. The summed E-state index contributed by atoms with van der Waals surface area (Å²) in [5.41, 5.74) is 10.7. The van der Waals surface area contributed by atoms with Crippen molar-refractivity contribution in [3.63, 3.8) is 0 Å². The summed E-state index contributed by atoms with van der Waals surface area (Å²) in [5.74, 6) is -0.510. The van der Waals surface area contributed by atoms with E-state index < -0.39 is 86.4 Å². The fourth-order valence-electron chi connectivity index (χ4n) is 6.02. The maximum Gasteiger partial charge on any atom is 0.266 e. The van der Waals surface area contributed by atoms with Gasteiger partial charge in [0.1, 0.15) is 60.3 Å². The molecule has 10 unspecified atom stereocenters. The van der Waals surface area contributed by atoms with Crippen LogP contribution in [0.2, 0.25) is 0 Å². The summed E-state index contributed by atoms with van der Waals surface area (Å²) in [6.45, 7) is -1.17. The predicted octanol–water partition coefficient (Wildman–Crippen LogP) is -1.04. The van der Waals surface area contributed by atoms with Gasteiger partial charge in [-0.15, -0.1) is 5.53 Å². The van der Waals surface area contributed by atoms with Crippen LogP contribution in [0.1, 0.15) is 20.7 Å². The number of rotatable bonds is 12. The lowest BCUT2D eigenvalue weighted by Gasteiger charge is -2.39. The molecule has 55 heavy (non-hydrogen) atoms. The molecule has 2 heterocycles. The Balaban J connectivity index is 1.00. The Kier molecular flexibility index (Phi) is 12.7. The molecule has 10 atom stereocenters. The highest BCUT2D eigenvalue weighted by atomic mass is 16.7. The average molecular weight is 764 g/mol. The highest BCUT2D eigenvalue weighted by Crippen LogP contribution is 2.29. The zero-order valence-corrected chi connectivity index (χ0v) is 29.0. The van der Waals surface area contributed by atoms with Gasteiger partial charge in [0, 0.05) is 11.1 Å². The van der Waals surface area contributed by atoms with Crippen molar-refractivity contribution in [1.82, 2.24) is 16.4 Å². The number of hydrogen-bond donors (Lipinski definition) is 11. The van der Waals surface area contributed by atoms with Gasteiger partial charge in [0.2, 0.25) is 12.6 Å². The van der Waals surface area contributed by atoms with Gasteiger partial charge in [0.15, 0.2) is 0 Å². The molecule has 2 saturated heterocycles. The monoisotopic (exact) mass is 763 g/mol. The average Bonchev–Trinajstić information content (AvgIpc) is 3.21. The number of amides is 2. The number of carbonyl (C=O) groups is 2. The molecule has 4 aromatic rings. The summed E-state index contributed by atoms with van der Waals surface area (Å²) in [7, 11) is 0. The van der Waals surface area contributed by atoms with Gasteiger partial charge in [-0.05, 0) is 70.8 Å². The normalized spacial score (nSPS) is 27.9. The zero-order valence-electron chi connectivity index (χ0n) is 29.0. The SMILES string of the molecule is O=C(NNNC(=O)c1cccc(-c2ccc(OC3OC(CO)C(O)C(O)C3O)cc2)c1)c1cccc(-c2ccc(OC3OC(CO)C(O)C(O)C3O)cc2)c1. The van der Waals surface area contributed by atoms with Crippen LogP contribution in [-0.4, -0.2) is 127 Å². The Hall–Kier alpha value is -5.02. The molecule has 0 spiro atoms. The Labute approximate surface area is 313 Å². The van der Waals surface area contributed by atoms with Gasteiger partial charge in [-0.3, -0.25) is 20.4 Å². The summed E-state index contributed by atoms with van der Waals surface area (Å²) < 4.78 is 22.1. The fraction of sp³-hybridized carbons (Fsp3) is 0.316. The molecule has 2 aliphatic rings. The second kappa shape index (κ2) is 17.6. The van der Waals surface area contributed by atoms with E-state index in [0.29, 0.717) is 22.3 Å². The lowest BCUT2D eigenvalue weighted by Crippen LogP contribution is -2.60. The van der Waals surface area contributed by atoms with E-state index in [2.05, 4.69) is 16.4 Å². The van der Waals surface area contributed by atoms with Crippen LogP contribution in [0.4, 0.5) is 0 Å². The number of aliphatic hydroxyl groups is 8. The molecular weight excluding hydrogens is 722 g/mol. The first-order valence-electron chi connectivity index (χ1n) is 17.2. The molecule has 0 aromatic heterocycles. The molecule has 2 fully saturated rings. The quantitative estimate of drug-likeness (QED) is 0.0770. The first kappa shape index (κ1) is 39.7. The number of hydrogen-bond acceptors (Lipinski definition) is 15. The van der Waals surface area contributed by atoms with E-state index in [1.54, 1.807) is 97.1 Å². The van der Waals surface area contributed by atoms with Gasteiger partial charge in [-0.2, -0.15) is 0 Å². The molecule has 0 aliphatic carbocycles. The van der Waals surface area contributed by atoms with Crippen molar-refractivity contribution >= 4 is 11.8 Å². The smallest absolute Gasteiger partial charge is 0.266 e. The van der Waals surface area contributed by atoms with Crippen molar-refractivity contribution < 1.29 is 69.4 Å². The molecule has 0 saturated carbocycles. The van der Waals surface area contributed by atoms with Crippen LogP contribution >= 0.6 is 0 Å². The third-order valence-electron chi connectivity index (χ3n) is 9.18. The van der Waals surface area contributed by atoms with E-state index in [-0.39, 0.29) is 22.6 Å². The van der Waals surface area contributed by atoms with E-state index in [9.17, 15) is 50.4 Å². The Morgan fingerprint density at radius 2 is 0.891 bits per heavy atom. The number of hydrazine groups is 2. The molecule has 17 heteroatoms. The van der Waals surface area contributed by atoms with Gasteiger partial charge >= 0.3 is 0 Å². The second-order valence-electron chi connectivity index (χ2n) is 12.9. The summed E-state index contributed by atoms with van der Waals surface area (Å²) >= 11 is 0. The summed E-state index contributed by atoms with van der Waals surface area (Å²) in [4.78, 5) is 25.8. The van der Waals surface area contributed by atoms with Crippen LogP contribution in [-0.2, 0) is 9.47 Å². The topological polar surface area (TPSA) is 269 Å². The van der Waals surface area contributed by atoms with E-state index in [1.807, 2.05) is 0 Å². The van der Waals surface area contributed by atoms with E-state index in [0.717, 1.165) is 0 Å². The van der Waals surface area contributed by atoms with Crippen molar-refractivity contribution in [2.75, 3.05) is 13.2 Å². The number of nitrogens with one attached hydrogen (secondary N) is 3. The highest BCUT2D eigenvalue weighted by molar-refractivity contribution is 5.97. The minimum absolute atomic E-state index is 0.280. The van der Waals surface area contributed by atoms with E-state index in [1.165, 1.54) is 0 Å². The first-order chi connectivity index (χ1) is 26.5. The molecular formula is C38H41N3O14. The first-order valence-corrected chi connectivity index (χ1v) is 17.2. The van der Waals surface area contributed by atoms with Crippen LogP contribution in [0.3, 0.4) is 0 Å². The number of aliphatic hydroxyl groups excluding tert-OH is 8. The number of benzene rings is 4. The Morgan fingerprint density at radius 3 is 1.25 bits per heavy atom. The molecule has 292 valence electrons. The lowest BCUT2D eigenvalue weighted by molar-refractivity contribution is -0.277. The van der Waals surface area contributed by atoms with Crippen molar-refractivity contribution in [2.24, 2.45) is 0 Å². The molecule has 6 rings (SSSR count). The van der Waals surface area contributed by atoms with Crippen molar-refractivity contribution in [3.8, 4) is 33.8 Å². The molecule has 17 nitrogen and oxygen atoms in total. The van der Waals surface area contributed by atoms with Gasteiger partial charge in [-0.1, -0.05) is 48.5 Å². The summed E-state index contributed by atoms with van der Waals surface area (Å²) in [6, 6.07) is 26.6. The Morgan fingerprint density at radius 1 is 0.509 bits per heavy atom. The van der Waals surface area contributed by atoms with Crippen molar-refractivity contribution in [2.45, 2.75) is 61.4 Å². The molecule has 0 radical (unpaired) electrons. The highest BCUT2D eigenvalue weighted by Gasteiger charge is 2.45. The maximum atomic E-state index is 12.9. The minimum atomic E-state index is -1.57. The van der Waals surface area contributed by atoms with Gasteiger partial charge < -0.3 is 59.8 Å². The second-order valence-corrected chi connectivity index (χ2v) is 12.9. The van der Waals surface area contributed by atoms with E-state index in [4.69, 9.17) is 18.9 Å². The summed E-state index contributed by atoms with van der Waals surface area (Å²) in [6.07, 6.45) is -14.1. The van der Waals surface area contributed by atoms with E-state index >= 15 is 0 Å². The molecule has 2 amide bonds. The van der Waals surface area contributed by atoms with Crippen molar-refractivity contribution in [1.29, 1.82) is 0 Å². The van der Waals surface area contributed by atoms with Crippen molar-refractivity contribution in [3.05, 3.63) is 108 Å². The van der Waals surface area contributed by atoms with Gasteiger partial charge in [0.05, 0.1) is 13.2 Å². The fourth-order valence-corrected chi connectivity index (χ4v) is 6.02. The molecule has 11 N–H and O–H groups in total. The lowest BCUT2D eigenvalue weighted by atomic mass is 9.99. The minimum Gasteiger partial charge on any atom is -0.462 e. The summed E-state index contributed by atoms with van der Waals surface area (Å²) in [5, 5.41) is 79.2. The maximum absolute atomic E-state index is 12.9. The zero-order chi connectivity index (χ0) is 39.2.